The van der Waals surface area contributed by atoms with Crippen molar-refractivity contribution < 1.29 is 14.3 Å². The van der Waals surface area contributed by atoms with Crippen molar-refractivity contribution in [3.8, 4) is 34.3 Å². The van der Waals surface area contributed by atoms with E-state index in [1.165, 1.54) is 13.3 Å². The molecule has 0 aliphatic carbocycles. The molecule has 1 amide bonds. The number of aromatic nitrogens is 2. The first-order chi connectivity index (χ1) is 14.7. The molecule has 0 radical (unpaired) electrons. The zero-order valence-electron chi connectivity index (χ0n) is 16.3. The molecule has 0 saturated carbocycles. The molecule has 4 rings (SSSR count). The first-order valence-corrected chi connectivity index (χ1v) is 9.36. The Labute approximate surface area is 174 Å². The fourth-order valence-electron chi connectivity index (χ4n) is 2.88. The molecule has 3 aromatic carbocycles. The highest BCUT2D eigenvalue weighted by Gasteiger charge is 2.10. The van der Waals surface area contributed by atoms with Gasteiger partial charge in [0, 0.05) is 24.9 Å². The normalized spacial score (nSPS) is 10.3. The molecule has 30 heavy (non-hydrogen) atoms. The second-order valence-corrected chi connectivity index (χ2v) is 6.49. The molecule has 148 valence electrons. The lowest BCUT2D eigenvalue weighted by Crippen LogP contribution is -2.05. The van der Waals surface area contributed by atoms with Crippen molar-refractivity contribution in [1.29, 1.82) is 0 Å². The molecule has 1 aromatic heterocycles. The van der Waals surface area contributed by atoms with Gasteiger partial charge in [0.15, 0.2) is 0 Å². The minimum atomic E-state index is -0.146. The summed E-state index contributed by atoms with van der Waals surface area (Å²) in [5.41, 5.74) is 2.29. The average Bonchev–Trinajstić information content (AvgIpc) is 2.75. The summed E-state index contributed by atoms with van der Waals surface area (Å²) in [6, 6.07) is 24.4. The van der Waals surface area contributed by atoms with Crippen molar-refractivity contribution in [1.82, 2.24) is 9.97 Å². The van der Waals surface area contributed by atoms with Crippen LogP contribution in [0, 0.1) is 0 Å². The Bertz CT molecular complexity index is 1150. The van der Waals surface area contributed by atoms with Gasteiger partial charge in [-0.1, -0.05) is 36.4 Å². The number of carbonyl (C=O) groups is 1. The lowest BCUT2D eigenvalue weighted by molar-refractivity contribution is -0.114. The van der Waals surface area contributed by atoms with Crippen LogP contribution < -0.4 is 14.8 Å². The van der Waals surface area contributed by atoms with E-state index in [1.54, 1.807) is 30.5 Å². The second kappa shape index (κ2) is 8.87. The van der Waals surface area contributed by atoms with Gasteiger partial charge in [-0.05, 0) is 42.0 Å². The number of carbonyl (C=O) groups excluding carboxylic acids is 1. The van der Waals surface area contributed by atoms with Crippen LogP contribution >= 0.6 is 0 Å². The minimum Gasteiger partial charge on any atom is -0.457 e. The third kappa shape index (κ3) is 4.80. The zero-order chi connectivity index (χ0) is 20.8. The van der Waals surface area contributed by atoms with E-state index in [2.05, 4.69) is 15.3 Å². The van der Waals surface area contributed by atoms with Gasteiger partial charge >= 0.3 is 0 Å². The van der Waals surface area contributed by atoms with Crippen LogP contribution in [-0.4, -0.2) is 15.9 Å². The van der Waals surface area contributed by atoms with E-state index in [9.17, 15) is 4.79 Å². The molecular formula is C24H19N3O3. The molecule has 1 heterocycles. The van der Waals surface area contributed by atoms with Crippen molar-refractivity contribution in [3.63, 3.8) is 0 Å². The standard InChI is InChI=1S/C24H19N3O3/c1-17(28)27-19-6-5-9-22(14-19)30-24-23(15-25-16-26-24)18-10-12-21(13-11-18)29-20-7-3-2-4-8-20/h2-16H,1H3,(H,27,28). The van der Waals surface area contributed by atoms with E-state index >= 15 is 0 Å². The smallest absolute Gasteiger partial charge is 0.230 e. The van der Waals surface area contributed by atoms with Crippen molar-refractivity contribution in [2.45, 2.75) is 6.92 Å². The molecule has 0 fully saturated rings. The van der Waals surface area contributed by atoms with Gasteiger partial charge in [0.25, 0.3) is 0 Å². The van der Waals surface area contributed by atoms with Gasteiger partial charge in [0.05, 0.1) is 5.56 Å². The largest absolute Gasteiger partial charge is 0.457 e. The molecule has 0 atom stereocenters. The lowest BCUT2D eigenvalue weighted by atomic mass is 10.1. The second-order valence-electron chi connectivity index (χ2n) is 6.49. The van der Waals surface area contributed by atoms with E-state index in [1.807, 2.05) is 54.6 Å². The summed E-state index contributed by atoms with van der Waals surface area (Å²) in [4.78, 5) is 19.7. The Hall–Kier alpha value is -4.19. The first-order valence-electron chi connectivity index (χ1n) is 9.36. The van der Waals surface area contributed by atoms with E-state index in [0.717, 1.165) is 22.6 Å². The number of nitrogens with zero attached hydrogens (tertiary/aromatic N) is 2. The highest BCUT2D eigenvalue weighted by Crippen LogP contribution is 2.33. The van der Waals surface area contributed by atoms with Gasteiger partial charge in [-0.15, -0.1) is 0 Å². The molecule has 6 nitrogen and oxygen atoms in total. The van der Waals surface area contributed by atoms with Crippen LogP contribution in [-0.2, 0) is 4.79 Å². The van der Waals surface area contributed by atoms with E-state index in [-0.39, 0.29) is 5.91 Å². The number of hydrogen-bond acceptors (Lipinski definition) is 5. The highest BCUT2D eigenvalue weighted by atomic mass is 16.5. The highest BCUT2D eigenvalue weighted by molar-refractivity contribution is 5.88. The van der Waals surface area contributed by atoms with Crippen LogP contribution in [0.1, 0.15) is 6.92 Å². The van der Waals surface area contributed by atoms with Gasteiger partial charge in [0.1, 0.15) is 23.6 Å². The fourth-order valence-corrected chi connectivity index (χ4v) is 2.88. The molecule has 6 heteroatoms. The summed E-state index contributed by atoms with van der Waals surface area (Å²) in [5.74, 6) is 2.34. The number of benzene rings is 3. The summed E-state index contributed by atoms with van der Waals surface area (Å²) in [6.07, 6.45) is 3.14. The van der Waals surface area contributed by atoms with Gasteiger partial charge in [0.2, 0.25) is 11.8 Å². The topological polar surface area (TPSA) is 73.3 Å². The molecular weight excluding hydrogens is 378 g/mol. The Morgan fingerprint density at radius 2 is 1.57 bits per heavy atom. The predicted octanol–water partition coefficient (Wildman–Crippen LogP) is 5.69. The van der Waals surface area contributed by atoms with E-state index in [4.69, 9.17) is 9.47 Å². The average molecular weight is 397 g/mol. The molecule has 0 spiro atoms. The number of nitrogens with one attached hydrogen (secondary N) is 1. The first kappa shape index (κ1) is 19.1. The van der Waals surface area contributed by atoms with Crippen molar-refractivity contribution in [3.05, 3.63) is 91.4 Å². The summed E-state index contributed by atoms with van der Waals surface area (Å²) < 4.78 is 11.8. The molecule has 0 bridgehead atoms. The maximum Gasteiger partial charge on any atom is 0.230 e. The number of rotatable bonds is 6. The Morgan fingerprint density at radius 1 is 0.833 bits per heavy atom. The van der Waals surface area contributed by atoms with Crippen molar-refractivity contribution >= 4 is 11.6 Å². The van der Waals surface area contributed by atoms with Gasteiger partial charge in [-0.2, -0.15) is 0 Å². The van der Waals surface area contributed by atoms with E-state index < -0.39 is 0 Å². The number of anilines is 1. The molecule has 0 saturated heterocycles. The van der Waals surface area contributed by atoms with Crippen molar-refractivity contribution in [2.75, 3.05) is 5.32 Å². The molecule has 4 aromatic rings. The van der Waals surface area contributed by atoms with Crippen LogP contribution in [0.2, 0.25) is 0 Å². The Kier molecular flexibility index (Phi) is 5.66. The quantitative estimate of drug-likeness (QED) is 0.453. The molecule has 0 aliphatic rings. The summed E-state index contributed by atoms with van der Waals surface area (Å²) in [7, 11) is 0. The minimum absolute atomic E-state index is 0.146. The van der Waals surface area contributed by atoms with Crippen LogP contribution in [0.25, 0.3) is 11.1 Å². The third-order valence-electron chi connectivity index (χ3n) is 4.19. The predicted molar refractivity (Wildman–Crippen MR) is 115 cm³/mol. The number of para-hydroxylation sites is 1. The van der Waals surface area contributed by atoms with Crippen LogP contribution in [0.15, 0.2) is 91.4 Å². The zero-order valence-corrected chi connectivity index (χ0v) is 16.3. The van der Waals surface area contributed by atoms with Crippen LogP contribution in [0.5, 0.6) is 23.1 Å². The summed E-state index contributed by atoms with van der Waals surface area (Å²) in [6.45, 7) is 1.46. The maximum absolute atomic E-state index is 11.3. The maximum atomic E-state index is 11.3. The van der Waals surface area contributed by atoms with Crippen LogP contribution in [0.4, 0.5) is 5.69 Å². The monoisotopic (exact) mass is 397 g/mol. The molecule has 0 aliphatic heterocycles. The van der Waals surface area contributed by atoms with Gasteiger partial charge < -0.3 is 14.8 Å². The number of ether oxygens (including phenoxy) is 2. The van der Waals surface area contributed by atoms with Crippen molar-refractivity contribution in [2.24, 2.45) is 0 Å². The molecule has 1 N–H and O–H groups in total. The summed E-state index contributed by atoms with van der Waals surface area (Å²) in [5, 5.41) is 2.74. The van der Waals surface area contributed by atoms with Gasteiger partial charge in [-0.3, -0.25) is 4.79 Å². The van der Waals surface area contributed by atoms with Gasteiger partial charge in [-0.25, -0.2) is 9.97 Å². The van der Waals surface area contributed by atoms with Crippen LogP contribution in [0.3, 0.4) is 0 Å². The Balaban J connectivity index is 1.55. The SMILES string of the molecule is CC(=O)Nc1cccc(Oc2ncncc2-c2ccc(Oc3ccccc3)cc2)c1. The number of hydrogen-bond donors (Lipinski definition) is 1. The third-order valence-corrected chi connectivity index (χ3v) is 4.19. The fraction of sp³-hybridized carbons (Fsp3) is 0.0417. The Morgan fingerprint density at radius 3 is 2.33 bits per heavy atom. The molecule has 0 unspecified atom stereocenters. The number of amides is 1. The lowest BCUT2D eigenvalue weighted by Gasteiger charge is -2.11. The van der Waals surface area contributed by atoms with E-state index in [0.29, 0.717) is 17.3 Å². The summed E-state index contributed by atoms with van der Waals surface area (Å²) >= 11 is 0.